The summed E-state index contributed by atoms with van der Waals surface area (Å²) in [5, 5.41) is 6.42. The molecule has 148 valence electrons. The minimum atomic E-state index is -2.96. The number of hydrogen-bond donors (Lipinski definition) is 2. The van der Waals surface area contributed by atoms with Crippen LogP contribution in [0.1, 0.15) is 31.7 Å². The number of hydrogen-bond acceptors (Lipinski definition) is 5. The zero-order valence-corrected chi connectivity index (χ0v) is 17.1. The van der Waals surface area contributed by atoms with E-state index in [1.807, 2.05) is 43.7 Å². The summed E-state index contributed by atoms with van der Waals surface area (Å²) in [6, 6.07) is 3.93. The van der Waals surface area contributed by atoms with Crippen LogP contribution in [0.5, 0.6) is 0 Å². The molecule has 2 aromatic rings. The number of nitrogens with zero attached hydrogens (tertiary/aromatic N) is 4. The van der Waals surface area contributed by atoms with Gasteiger partial charge in [-0.1, -0.05) is 6.07 Å². The second-order valence-electron chi connectivity index (χ2n) is 6.53. The molecule has 2 heterocycles. The maximum Gasteiger partial charge on any atom is 0.191 e. The van der Waals surface area contributed by atoms with Crippen molar-refractivity contribution in [3.63, 3.8) is 0 Å². The van der Waals surface area contributed by atoms with Crippen molar-refractivity contribution in [1.29, 1.82) is 0 Å². The molecule has 9 heteroatoms. The Kier molecular flexibility index (Phi) is 7.35. The van der Waals surface area contributed by atoms with Gasteiger partial charge in [0, 0.05) is 37.4 Å². The number of imidazole rings is 1. The van der Waals surface area contributed by atoms with Crippen molar-refractivity contribution in [3.8, 4) is 5.82 Å². The first-order valence-electron chi connectivity index (χ1n) is 8.96. The van der Waals surface area contributed by atoms with E-state index in [4.69, 9.17) is 0 Å². The van der Waals surface area contributed by atoms with Crippen LogP contribution in [-0.4, -0.2) is 53.5 Å². The van der Waals surface area contributed by atoms with Crippen LogP contribution in [0.2, 0.25) is 0 Å². The third kappa shape index (κ3) is 7.01. The quantitative estimate of drug-likeness (QED) is 0.521. The molecule has 1 unspecified atom stereocenters. The largest absolute Gasteiger partial charge is 0.357 e. The van der Waals surface area contributed by atoms with Crippen molar-refractivity contribution < 1.29 is 8.42 Å². The Hall–Kier alpha value is -2.42. The van der Waals surface area contributed by atoms with Gasteiger partial charge in [0.25, 0.3) is 0 Å². The van der Waals surface area contributed by atoms with Crippen molar-refractivity contribution >= 4 is 15.8 Å². The fraction of sp³-hybridized carbons (Fsp3) is 0.500. The van der Waals surface area contributed by atoms with Crippen molar-refractivity contribution in [3.05, 3.63) is 42.1 Å². The lowest BCUT2D eigenvalue weighted by atomic mass is 10.2. The average molecular weight is 393 g/mol. The third-order valence-electron chi connectivity index (χ3n) is 3.95. The van der Waals surface area contributed by atoms with E-state index in [-0.39, 0.29) is 11.8 Å². The van der Waals surface area contributed by atoms with Gasteiger partial charge < -0.3 is 10.6 Å². The maximum atomic E-state index is 11.3. The Morgan fingerprint density at radius 1 is 1.33 bits per heavy atom. The van der Waals surface area contributed by atoms with Crippen LogP contribution in [0.25, 0.3) is 5.82 Å². The highest BCUT2D eigenvalue weighted by molar-refractivity contribution is 7.90. The predicted molar refractivity (Wildman–Crippen MR) is 108 cm³/mol. The summed E-state index contributed by atoms with van der Waals surface area (Å²) in [6.45, 7) is 7.06. The number of aliphatic imine (C=N–C) groups is 1. The second-order valence-corrected chi connectivity index (χ2v) is 8.79. The van der Waals surface area contributed by atoms with E-state index in [1.165, 1.54) is 6.26 Å². The first kappa shape index (κ1) is 20.9. The van der Waals surface area contributed by atoms with E-state index in [1.54, 1.807) is 12.4 Å². The lowest BCUT2D eigenvalue weighted by molar-refractivity contribution is 0.581. The molecule has 0 radical (unpaired) electrons. The molecule has 2 aromatic heterocycles. The first-order chi connectivity index (χ1) is 12.8. The molecule has 2 rings (SSSR count). The molecule has 0 aliphatic rings. The predicted octanol–water partition coefficient (Wildman–Crippen LogP) is 1.45. The summed E-state index contributed by atoms with van der Waals surface area (Å²) in [5.74, 6) is 2.51. The molecule has 0 saturated heterocycles. The van der Waals surface area contributed by atoms with E-state index in [0.29, 0.717) is 18.9 Å². The smallest absolute Gasteiger partial charge is 0.191 e. The molecule has 0 aliphatic heterocycles. The molecule has 1 atom stereocenters. The normalized spacial score (nSPS) is 13.4. The van der Waals surface area contributed by atoms with Crippen LogP contribution < -0.4 is 10.6 Å². The zero-order chi connectivity index (χ0) is 19.9. The highest BCUT2D eigenvalue weighted by Crippen LogP contribution is 2.09. The van der Waals surface area contributed by atoms with Crippen molar-refractivity contribution in [1.82, 2.24) is 25.2 Å². The number of pyridine rings is 1. The number of aromatic nitrogens is 3. The van der Waals surface area contributed by atoms with Crippen LogP contribution >= 0.6 is 0 Å². The van der Waals surface area contributed by atoms with Crippen molar-refractivity contribution in [2.75, 3.05) is 18.6 Å². The van der Waals surface area contributed by atoms with Crippen LogP contribution in [0.4, 0.5) is 0 Å². The van der Waals surface area contributed by atoms with Gasteiger partial charge >= 0.3 is 0 Å². The fourth-order valence-electron chi connectivity index (χ4n) is 2.46. The minimum absolute atomic E-state index is 0.00208. The molecular weight excluding hydrogens is 364 g/mol. The van der Waals surface area contributed by atoms with Gasteiger partial charge in [0.2, 0.25) is 0 Å². The Balaban J connectivity index is 1.98. The van der Waals surface area contributed by atoms with E-state index < -0.39 is 9.84 Å². The summed E-state index contributed by atoms with van der Waals surface area (Å²) in [4.78, 5) is 13.2. The standard InChI is InChI=1S/C18H28N6O2S/c1-5-19-18(23-14(2)8-11-27(4,25)26)22-13-16-6-7-17(21-12-16)24-10-9-20-15(24)3/h6-7,9-10,12,14H,5,8,11,13H2,1-4H3,(H2,19,22,23). The number of nitrogens with one attached hydrogen (secondary N) is 2. The van der Waals surface area contributed by atoms with Gasteiger partial charge in [-0.05, 0) is 38.8 Å². The van der Waals surface area contributed by atoms with Gasteiger partial charge in [-0.25, -0.2) is 23.4 Å². The van der Waals surface area contributed by atoms with Gasteiger partial charge in [0.1, 0.15) is 21.5 Å². The molecule has 8 nitrogen and oxygen atoms in total. The number of sulfone groups is 1. The zero-order valence-electron chi connectivity index (χ0n) is 16.3. The van der Waals surface area contributed by atoms with Crippen LogP contribution in [-0.2, 0) is 16.4 Å². The van der Waals surface area contributed by atoms with Gasteiger partial charge in [-0.2, -0.15) is 0 Å². The van der Waals surface area contributed by atoms with E-state index in [2.05, 4.69) is 25.6 Å². The molecule has 0 fully saturated rings. The molecule has 0 bridgehead atoms. The maximum absolute atomic E-state index is 11.3. The number of rotatable bonds is 8. The summed E-state index contributed by atoms with van der Waals surface area (Å²) in [6.07, 6.45) is 7.20. The van der Waals surface area contributed by atoms with E-state index >= 15 is 0 Å². The number of aryl methyl sites for hydroxylation is 1. The van der Waals surface area contributed by atoms with Gasteiger partial charge in [0.05, 0.1) is 12.3 Å². The highest BCUT2D eigenvalue weighted by atomic mass is 32.2. The van der Waals surface area contributed by atoms with Crippen LogP contribution in [0.15, 0.2) is 35.7 Å². The Morgan fingerprint density at radius 2 is 2.11 bits per heavy atom. The molecule has 0 aliphatic carbocycles. The number of guanidine groups is 1. The Morgan fingerprint density at radius 3 is 2.67 bits per heavy atom. The lowest BCUT2D eigenvalue weighted by Crippen LogP contribution is -2.42. The summed E-state index contributed by atoms with van der Waals surface area (Å²) in [7, 11) is -2.96. The monoisotopic (exact) mass is 392 g/mol. The van der Waals surface area contributed by atoms with Crippen molar-refractivity contribution in [2.24, 2.45) is 4.99 Å². The average Bonchev–Trinajstić information content (AvgIpc) is 3.04. The molecular formula is C18H28N6O2S. The summed E-state index contributed by atoms with van der Waals surface area (Å²) < 4.78 is 24.5. The Labute approximate surface area is 161 Å². The topological polar surface area (TPSA) is 101 Å². The van der Waals surface area contributed by atoms with Gasteiger partial charge in [0.15, 0.2) is 5.96 Å². The third-order valence-corrected chi connectivity index (χ3v) is 4.93. The fourth-order valence-corrected chi connectivity index (χ4v) is 3.24. The van der Waals surface area contributed by atoms with Crippen LogP contribution in [0.3, 0.4) is 0 Å². The summed E-state index contributed by atoms with van der Waals surface area (Å²) >= 11 is 0. The van der Waals surface area contributed by atoms with E-state index in [9.17, 15) is 8.42 Å². The minimum Gasteiger partial charge on any atom is -0.357 e. The van der Waals surface area contributed by atoms with E-state index in [0.717, 1.165) is 23.8 Å². The molecule has 2 N–H and O–H groups in total. The Bertz CT molecular complexity index is 858. The van der Waals surface area contributed by atoms with Crippen molar-refractivity contribution in [2.45, 2.75) is 39.8 Å². The van der Waals surface area contributed by atoms with Gasteiger partial charge in [-0.3, -0.25) is 4.57 Å². The van der Waals surface area contributed by atoms with Crippen LogP contribution in [0, 0.1) is 6.92 Å². The summed E-state index contributed by atoms with van der Waals surface area (Å²) in [5.41, 5.74) is 0.984. The van der Waals surface area contributed by atoms with Gasteiger partial charge in [-0.15, -0.1) is 0 Å². The first-order valence-corrected chi connectivity index (χ1v) is 11.0. The molecule has 0 amide bonds. The SMILES string of the molecule is CCNC(=NCc1ccc(-n2ccnc2C)nc1)NC(C)CCS(C)(=O)=O. The molecule has 0 aromatic carbocycles. The second kappa shape index (κ2) is 9.50. The lowest BCUT2D eigenvalue weighted by Gasteiger charge is -2.17. The molecule has 0 saturated carbocycles. The molecule has 27 heavy (non-hydrogen) atoms. The molecule has 0 spiro atoms. The highest BCUT2D eigenvalue weighted by Gasteiger charge is 2.09.